The summed E-state index contributed by atoms with van der Waals surface area (Å²) in [5.74, 6) is 0.985. The number of ether oxygens (including phenoxy) is 2. The molecule has 0 fully saturated rings. The number of rotatable bonds is 4. The molecule has 2 aromatic rings. The number of carboxylic acids is 1. The summed E-state index contributed by atoms with van der Waals surface area (Å²) in [4.78, 5) is 15.4. The van der Waals surface area contributed by atoms with Crippen molar-refractivity contribution >= 4 is 22.6 Å². The third-order valence-corrected chi connectivity index (χ3v) is 3.27. The second-order valence-electron chi connectivity index (χ2n) is 4.53. The van der Waals surface area contributed by atoms with Crippen LogP contribution in [0.2, 0.25) is 0 Å². The van der Waals surface area contributed by atoms with Gasteiger partial charge in [-0.3, -0.25) is 0 Å². The van der Waals surface area contributed by atoms with Gasteiger partial charge in [-0.05, 0) is 30.0 Å². The van der Waals surface area contributed by atoms with E-state index in [-0.39, 0.29) is 6.79 Å². The maximum Gasteiger partial charge on any atom is 0.326 e. The van der Waals surface area contributed by atoms with E-state index in [0.717, 1.165) is 10.8 Å². The first-order valence-corrected chi connectivity index (χ1v) is 6.36. The van der Waals surface area contributed by atoms with E-state index in [0.29, 0.717) is 23.7 Å². The number of carboxylic acid groups (broad SMARTS) is 1. The minimum Gasteiger partial charge on any atom is -0.480 e. The van der Waals surface area contributed by atoms with Gasteiger partial charge in [-0.1, -0.05) is 6.92 Å². The van der Waals surface area contributed by atoms with Gasteiger partial charge in [0, 0.05) is 11.6 Å². The molecule has 104 valence electrons. The van der Waals surface area contributed by atoms with Crippen molar-refractivity contribution < 1.29 is 19.4 Å². The van der Waals surface area contributed by atoms with Crippen LogP contribution in [0.1, 0.15) is 13.3 Å². The summed E-state index contributed by atoms with van der Waals surface area (Å²) in [6.07, 6.45) is 2.11. The van der Waals surface area contributed by atoms with E-state index >= 15 is 0 Å². The minimum absolute atomic E-state index is 0.203. The van der Waals surface area contributed by atoms with Crippen LogP contribution in [0.15, 0.2) is 24.4 Å². The summed E-state index contributed by atoms with van der Waals surface area (Å²) in [5, 5.41) is 13.8. The second-order valence-corrected chi connectivity index (χ2v) is 4.53. The lowest BCUT2D eigenvalue weighted by atomic mass is 10.1. The molecule has 6 nitrogen and oxygen atoms in total. The number of hydrogen-bond acceptors (Lipinski definition) is 5. The molecule has 0 bridgehead atoms. The first-order chi connectivity index (χ1) is 9.69. The number of pyridine rings is 1. The summed E-state index contributed by atoms with van der Waals surface area (Å²) in [5.41, 5.74) is 0. The Balaban J connectivity index is 2.05. The molecule has 1 aliphatic heterocycles. The lowest BCUT2D eigenvalue weighted by Gasteiger charge is -2.14. The third-order valence-electron chi connectivity index (χ3n) is 3.27. The summed E-state index contributed by atoms with van der Waals surface area (Å²) < 4.78 is 10.7. The fourth-order valence-corrected chi connectivity index (χ4v) is 2.18. The summed E-state index contributed by atoms with van der Waals surface area (Å²) in [6.45, 7) is 2.01. The van der Waals surface area contributed by atoms with E-state index in [1.807, 2.05) is 25.1 Å². The van der Waals surface area contributed by atoms with Gasteiger partial charge in [0.25, 0.3) is 0 Å². The fraction of sp³-hybridized carbons (Fsp3) is 0.286. The van der Waals surface area contributed by atoms with Gasteiger partial charge in [0.1, 0.15) is 11.9 Å². The number of nitrogens with zero attached hydrogens (tertiary/aromatic N) is 1. The number of nitrogens with one attached hydrogen (secondary N) is 1. The van der Waals surface area contributed by atoms with Crippen molar-refractivity contribution in [3.05, 3.63) is 24.4 Å². The van der Waals surface area contributed by atoms with Crippen molar-refractivity contribution in [1.82, 2.24) is 4.98 Å². The molecule has 1 aromatic carbocycles. The standard InChI is InChI=1S/C14H14N2O4/c1-2-10(14(17)18)16-13-9-6-12-11(19-7-20-12)5-8(9)3-4-15-13/h3-6,10H,2,7H2,1H3,(H,15,16)(H,17,18). The zero-order chi connectivity index (χ0) is 14.1. The molecule has 6 heteroatoms. The molecule has 2 heterocycles. The normalized spacial score (nSPS) is 14.2. The van der Waals surface area contributed by atoms with Gasteiger partial charge in [-0.25, -0.2) is 9.78 Å². The highest BCUT2D eigenvalue weighted by molar-refractivity contribution is 5.95. The van der Waals surface area contributed by atoms with Crippen LogP contribution < -0.4 is 14.8 Å². The third kappa shape index (κ3) is 2.09. The highest BCUT2D eigenvalue weighted by Crippen LogP contribution is 2.37. The zero-order valence-corrected chi connectivity index (χ0v) is 10.9. The summed E-state index contributed by atoms with van der Waals surface area (Å²) in [7, 11) is 0. The highest BCUT2D eigenvalue weighted by atomic mass is 16.7. The number of carbonyl (C=O) groups is 1. The maximum atomic E-state index is 11.1. The summed E-state index contributed by atoms with van der Waals surface area (Å²) >= 11 is 0. The Morgan fingerprint density at radius 1 is 1.45 bits per heavy atom. The van der Waals surface area contributed by atoms with Gasteiger partial charge < -0.3 is 19.9 Å². The molecule has 2 N–H and O–H groups in total. The van der Waals surface area contributed by atoms with Crippen molar-refractivity contribution in [1.29, 1.82) is 0 Å². The number of fused-ring (bicyclic) bond motifs is 2. The van der Waals surface area contributed by atoms with Crippen molar-refractivity contribution in [2.45, 2.75) is 19.4 Å². The first-order valence-electron chi connectivity index (χ1n) is 6.36. The molecular formula is C14H14N2O4. The average molecular weight is 274 g/mol. The number of anilines is 1. The van der Waals surface area contributed by atoms with Gasteiger partial charge in [-0.15, -0.1) is 0 Å². The predicted octanol–water partition coefficient (Wildman–Crippen LogP) is 2.24. The summed E-state index contributed by atoms with van der Waals surface area (Å²) in [6, 6.07) is 4.87. The molecule has 0 saturated heterocycles. The Bertz CT molecular complexity index is 672. The molecule has 0 aliphatic carbocycles. The van der Waals surface area contributed by atoms with Crippen LogP contribution in [0.4, 0.5) is 5.82 Å². The number of aliphatic carboxylic acids is 1. The zero-order valence-electron chi connectivity index (χ0n) is 10.9. The smallest absolute Gasteiger partial charge is 0.326 e. The number of benzene rings is 1. The van der Waals surface area contributed by atoms with Crippen molar-refractivity contribution in [3.8, 4) is 11.5 Å². The van der Waals surface area contributed by atoms with E-state index in [4.69, 9.17) is 14.6 Å². The van der Waals surface area contributed by atoms with E-state index < -0.39 is 12.0 Å². The second kappa shape index (κ2) is 4.88. The molecular weight excluding hydrogens is 260 g/mol. The molecule has 0 amide bonds. The minimum atomic E-state index is -0.896. The monoisotopic (exact) mass is 274 g/mol. The van der Waals surface area contributed by atoms with Gasteiger partial charge >= 0.3 is 5.97 Å². The van der Waals surface area contributed by atoms with Crippen molar-refractivity contribution in [3.63, 3.8) is 0 Å². The van der Waals surface area contributed by atoms with Gasteiger partial charge in [0.05, 0.1) is 0 Å². The van der Waals surface area contributed by atoms with Gasteiger partial charge in [0.2, 0.25) is 6.79 Å². The Labute approximate surface area is 115 Å². The van der Waals surface area contributed by atoms with Crippen LogP contribution in [0.5, 0.6) is 11.5 Å². The number of aromatic nitrogens is 1. The molecule has 20 heavy (non-hydrogen) atoms. The molecule has 1 aromatic heterocycles. The molecule has 1 unspecified atom stereocenters. The molecule has 0 spiro atoms. The molecule has 0 saturated carbocycles. The molecule has 1 atom stereocenters. The van der Waals surface area contributed by atoms with Crippen LogP contribution in [0, 0.1) is 0 Å². The molecule has 3 rings (SSSR count). The Morgan fingerprint density at radius 2 is 2.20 bits per heavy atom. The Morgan fingerprint density at radius 3 is 2.90 bits per heavy atom. The Hall–Kier alpha value is -2.50. The lowest BCUT2D eigenvalue weighted by molar-refractivity contribution is -0.137. The lowest BCUT2D eigenvalue weighted by Crippen LogP contribution is -2.28. The van der Waals surface area contributed by atoms with Crippen LogP contribution in [-0.4, -0.2) is 28.9 Å². The number of hydrogen-bond donors (Lipinski definition) is 2. The molecule has 0 radical (unpaired) electrons. The van der Waals surface area contributed by atoms with E-state index in [2.05, 4.69) is 10.3 Å². The maximum absolute atomic E-state index is 11.1. The first kappa shape index (κ1) is 12.5. The quantitative estimate of drug-likeness (QED) is 0.890. The fourth-order valence-electron chi connectivity index (χ4n) is 2.18. The van der Waals surface area contributed by atoms with E-state index in [1.165, 1.54) is 0 Å². The average Bonchev–Trinajstić information content (AvgIpc) is 2.89. The molecule has 1 aliphatic rings. The SMILES string of the molecule is CCC(Nc1nccc2cc3c(cc12)OCO3)C(=O)O. The van der Waals surface area contributed by atoms with Crippen LogP contribution in [-0.2, 0) is 4.79 Å². The van der Waals surface area contributed by atoms with Crippen LogP contribution in [0.3, 0.4) is 0 Å². The highest BCUT2D eigenvalue weighted by Gasteiger charge is 2.19. The van der Waals surface area contributed by atoms with Crippen LogP contribution in [0.25, 0.3) is 10.8 Å². The van der Waals surface area contributed by atoms with Gasteiger partial charge in [0.15, 0.2) is 11.5 Å². The topological polar surface area (TPSA) is 80.7 Å². The van der Waals surface area contributed by atoms with Crippen molar-refractivity contribution in [2.75, 3.05) is 12.1 Å². The largest absolute Gasteiger partial charge is 0.480 e. The van der Waals surface area contributed by atoms with Gasteiger partial charge in [-0.2, -0.15) is 0 Å². The van der Waals surface area contributed by atoms with Crippen LogP contribution >= 0.6 is 0 Å². The Kier molecular flexibility index (Phi) is 3.06. The van der Waals surface area contributed by atoms with E-state index in [9.17, 15) is 4.79 Å². The van der Waals surface area contributed by atoms with E-state index in [1.54, 1.807) is 6.20 Å². The van der Waals surface area contributed by atoms with Crippen molar-refractivity contribution in [2.24, 2.45) is 0 Å². The predicted molar refractivity (Wildman–Crippen MR) is 73.2 cm³/mol.